The van der Waals surface area contributed by atoms with Gasteiger partial charge in [0.2, 0.25) is 5.91 Å². The molecule has 2 aromatic heterocycles. The van der Waals surface area contributed by atoms with Crippen LogP contribution in [0.25, 0.3) is 11.2 Å². The third kappa shape index (κ3) is 3.03. The van der Waals surface area contributed by atoms with Gasteiger partial charge in [-0.15, -0.1) is 0 Å². The van der Waals surface area contributed by atoms with Crippen molar-refractivity contribution in [1.29, 1.82) is 0 Å². The first-order chi connectivity index (χ1) is 12.8. The van der Waals surface area contributed by atoms with E-state index in [-0.39, 0.29) is 23.4 Å². The number of likely N-dealkylation sites (N-methyl/N-ethyl adjacent to an activating group) is 1. The maximum absolute atomic E-state index is 13.5. The van der Waals surface area contributed by atoms with Gasteiger partial charge in [-0.2, -0.15) is 0 Å². The second-order valence-electron chi connectivity index (χ2n) is 6.00. The highest BCUT2D eigenvalue weighted by Gasteiger charge is 2.21. The Morgan fingerprint density at radius 3 is 2.52 bits per heavy atom. The van der Waals surface area contributed by atoms with Gasteiger partial charge >= 0.3 is 5.69 Å². The van der Waals surface area contributed by atoms with Gasteiger partial charge in [0.15, 0.2) is 22.8 Å². The van der Waals surface area contributed by atoms with Gasteiger partial charge < -0.3 is 9.47 Å². The smallest absolute Gasteiger partial charge is 0.328 e. The summed E-state index contributed by atoms with van der Waals surface area (Å²) in [5, 5.41) is 0. The number of benzene rings is 1. The lowest BCUT2D eigenvalue weighted by Crippen LogP contribution is -2.44. The van der Waals surface area contributed by atoms with Crippen LogP contribution in [0.4, 0.5) is 14.5 Å². The Bertz CT molecular complexity index is 1160. The molecule has 0 unspecified atom stereocenters. The summed E-state index contributed by atoms with van der Waals surface area (Å²) < 4.78 is 30.1. The minimum absolute atomic E-state index is 0.132. The van der Waals surface area contributed by atoms with Gasteiger partial charge in [-0.1, -0.05) is 0 Å². The lowest BCUT2D eigenvalue weighted by atomic mass is 10.2. The Kier molecular flexibility index (Phi) is 4.64. The van der Waals surface area contributed by atoms with Crippen molar-refractivity contribution in [3.8, 4) is 0 Å². The first-order valence-corrected chi connectivity index (χ1v) is 8.12. The summed E-state index contributed by atoms with van der Waals surface area (Å²) in [5.74, 6) is -2.73. The maximum atomic E-state index is 13.5. The Hall–Kier alpha value is -3.30. The number of hydrogen-bond acceptors (Lipinski definition) is 4. The predicted molar refractivity (Wildman–Crippen MR) is 94.6 cm³/mol. The number of carbonyl (C=O) groups is 1. The number of aryl methyl sites for hydroxylation is 2. The Labute approximate surface area is 151 Å². The number of imidazole rings is 1. The van der Waals surface area contributed by atoms with Crippen LogP contribution < -0.4 is 16.1 Å². The summed E-state index contributed by atoms with van der Waals surface area (Å²) in [6, 6.07) is 3.06. The Morgan fingerprint density at radius 1 is 1.19 bits per heavy atom. The van der Waals surface area contributed by atoms with Crippen LogP contribution in [-0.2, 0) is 25.4 Å². The molecule has 10 heteroatoms. The van der Waals surface area contributed by atoms with E-state index in [0.29, 0.717) is 0 Å². The number of amides is 1. The fourth-order valence-electron chi connectivity index (χ4n) is 2.91. The molecule has 1 aromatic carbocycles. The van der Waals surface area contributed by atoms with E-state index in [1.165, 1.54) is 33.5 Å². The molecule has 0 N–H and O–H groups in total. The molecule has 8 nitrogen and oxygen atoms in total. The van der Waals surface area contributed by atoms with Crippen LogP contribution in [0.1, 0.15) is 6.92 Å². The molecular weight excluding hydrogens is 360 g/mol. The van der Waals surface area contributed by atoms with Crippen molar-refractivity contribution in [2.75, 3.05) is 11.4 Å². The van der Waals surface area contributed by atoms with E-state index in [2.05, 4.69) is 4.98 Å². The molecular formula is C17H17F2N5O3. The summed E-state index contributed by atoms with van der Waals surface area (Å²) in [5.41, 5.74) is -0.818. The number of aromatic nitrogens is 4. The van der Waals surface area contributed by atoms with Crippen LogP contribution >= 0.6 is 0 Å². The van der Waals surface area contributed by atoms with Crippen LogP contribution in [0.3, 0.4) is 0 Å². The average molecular weight is 377 g/mol. The molecule has 2 heterocycles. The van der Waals surface area contributed by atoms with E-state index in [9.17, 15) is 23.2 Å². The van der Waals surface area contributed by atoms with Crippen molar-refractivity contribution in [2.24, 2.45) is 14.1 Å². The standard InChI is InChI=1S/C17H17F2N5O3/c1-4-23(10-5-6-11(18)12(19)7-10)13(25)8-24-16(26)14-15(20-9-21(14)2)22(3)17(24)27/h5-7,9H,4,8H2,1-3H3. The van der Waals surface area contributed by atoms with Gasteiger partial charge in [0.05, 0.1) is 6.33 Å². The topological polar surface area (TPSA) is 82.1 Å². The first-order valence-electron chi connectivity index (χ1n) is 8.12. The molecule has 0 spiro atoms. The molecule has 0 radical (unpaired) electrons. The van der Waals surface area contributed by atoms with Crippen LogP contribution in [0.5, 0.6) is 0 Å². The zero-order valence-electron chi connectivity index (χ0n) is 14.9. The van der Waals surface area contributed by atoms with Gasteiger partial charge in [0, 0.05) is 32.4 Å². The number of rotatable bonds is 4. The SMILES string of the molecule is CCN(C(=O)Cn1c(=O)c2c(ncn2C)n(C)c1=O)c1ccc(F)c(F)c1. The van der Waals surface area contributed by atoms with Crippen LogP contribution in [-0.4, -0.2) is 31.1 Å². The predicted octanol–water partition coefficient (Wildman–Crippen LogP) is 0.765. The van der Waals surface area contributed by atoms with E-state index in [0.717, 1.165) is 16.7 Å². The minimum Gasteiger partial charge on any atom is -0.328 e. The normalized spacial score (nSPS) is 11.1. The first kappa shape index (κ1) is 18.5. The third-order valence-corrected chi connectivity index (χ3v) is 4.33. The highest BCUT2D eigenvalue weighted by atomic mass is 19.2. The number of fused-ring (bicyclic) bond motifs is 1. The highest BCUT2D eigenvalue weighted by molar-refractivity contribution is 5.93. The van der Waals surface area contributed by atoms with Crippen LogP contribution in [0.15, 0.2) is 34.1 Å². The van der Waals surface area contributed by atoms with Crippen molar-refractivity contribution in [3.05, 3.63) is 57.0 Å². The van der Waals surface area contributed by atoms with E-state index >= 15 is 0 Å². The minimum atomic E-state index is -1.09. The third-order valence-electron chi connectivity index (χ3n) is 4.33. The Balaban J connectivity index is 2.04. The molecule has 1 amide bonds. The number of hydrogen-bond donors (Lipinski definition) is 0. The second kappa shape index (κ2) is 6.78. The van der Waals surface area contributed by atoms with E-state index in [1.807, 2.05) is 0 Å². The summed E-state index contributed by atoms with van der Waals surface area (Å²) in [6.07, 6.45) is 1.40. The summed E-state index contributed by atoms with van der Waals surface area (Å²) in [4.78, 5) is 43.0. The monoisotopic (exact) mass is 377 g/mol. The zero-order valence-corrected chi connectivity index (χ0v) is 14.9. The van der Waals surface area contributed by atoms with Crippen molar-refractivity contribution in [1.82, 2.24) is 18.7 Å². The van der Waals surface area contributed by atoms with Crippen molar-refractivity contribution >= 4 is 22.8 Å². The lowest BCUT2D eigenvalue weighted by Gasteiger charge is -2.21. The molecule has 0 fully saturated rings. The molecule has 0 aliphatic heterocycles. The number of carbonyl (C=O) groups excluding carboxylic acids is 1. The highest BCUT2D eigenvalue weighted by Crippen LogP contribution is 2.18. The van der Waals surface area contributed by atoms with Crippen molar-refractivity contribution in [2.45, 2.75) is 13.5 Å². The molecule has 0 atom stereocenters. The molecule has 0 saturated heterocycles. The van der Waals surface area contributed by atoms with E-state index < -0.39 is 35.3 Å². The van der Waals surface area contributed by atoms with Gasteiger partial charge in [-0.05, 0) is 19.1 Å². The average Bonchev–Trinajstić information content (AvgIpc) is 3.02. The molecule has 0 aliphatic carbocycles. The number of anilines is 1. The molecule has 0 bridgehead atoms. The van der Waals surface area contributed by atoms with Crippen molar-refractivity contribution < 1.29 is 13.6 Å². The second-order valence-corrected chi connectivity index (χ2v) is 6.00. The van der Waals surface area contributed by atoms with E-state index in [4.69, 9.17) is 0 Å². The maximum Gasteiger partial charge on any atom is 0.332 e. The molecule has 27 heavy (non-hydrogen) atoms. The molecule has 0 aliphatic rings. The lowest BCUT2D eigenvalue weighted by molar-refractivity contribution is -0.119. The molecule has 3 rings (SSSR count). The number of nitrogens with zero attached hydrogens (tertiary/aromatic N) is 5. The van der Waals surface area contributed by atoms with Gasteiger partial charge in [-0.25, -0.2) is 23.1 Å². The summed E-state index contributed by atoms with van der Waals surface area (Å²) in [7, 11) is 3.05. The molecule has 142 valence electrons. The zero-order chi connectivity index (χ0) is 19.9. The van der Waals surface area contributed by atoms with Gasteiger partial charge in [-0.3, -0.25) is 14.2 Å². The van der Waals surface area contributed by atoms with Crippen LogP contribution in [0, 0.1) is 11.6 Å². The summed E-state index contributed by atoms with van der Waals surface area (Å²) >= 11 is 0. The summed E-state index contributed by atoms with van der Waals surface area (Å²) in [6.45, 7) is 1.25. The largest absolute Gasteiger partial charge is 0.332 e. The van der Waals surface area contributed by atoms with Crippen LogP contribution in [0.2, 0.25) is 0 Å². The fourth-order valence-corrected chi connectivity index (χ4v) is 2.91. The number of halogens is 2. The molecule has 3 aromatic rings. The Morgan fingerprint density at radius 2 is 1.89 bits per heavy atom. The van der Waals surface area contributed by atoms with E-state index in [1.54, 1.807) is 14.0 Å². The van der Waals surface area contributed by atoms with Gasteiger partial charge in [0.1, 0.15) is 6.54 Å². The van der Waals surface area contributed by atoms with Crippen molar-refractivity contribution in [3.63, 3.8) is 0 Å². The van der Waals surface area contributed by atoms with Gasteiger partial charge in [0.25, 0.3) is 5.56 Å². The quantitative estimate of drug-likeness (QED) is 0.672. The fraction of sp³-hybridized carbons (Fsp3) is 0.294. The molecule has 0 saturated carbocycles.